The van der Waals surface area contributed by atoms with Crippen molar-refractivity contribution in [3.8, 4) is 0 Å². The lowest BCUT2D eigenvalue weighted by Gasteiger charge is -2.19. The fourth-order valence-electron chi connectivity index (χ4n) is 2.31. The Balaban J connectivity index is 1.77. The standard InChI is InChI=1S/C12H19N3/c1-10(11-4-2-3-5-11)14-8-12-6-7-13-9-15-12/h6-7,9-11,14H,2-5,8H2,1H3/t10-/m1/s1. The molecule has 0 unspecified atom stereocenters. The molecular formula is C12H19N3. The molecule has 0 aliphatic heterocycles. The molecule has 0 radical (unpaired) electrons. The van der Waals surface area contributed by atoms with E-state index in [1.54, 1.807) is 12.5 Å². The SMILES string of the molecule is C[C@@H](NCc1ccncn1)C1CCCC1. The van der Waals surface area contributed by atoms with E-state index in [0.717, 1.165) is 18.2 Å². The fourth-order valence-corrected chi connectivity index (χ4v) is 2.31. The lowest BCUT2D eigenvalue weighted by atomic mass is 10.00. The van der Waals surface area contributed by atoms with E-state index in [9.17, 15) is 0 Å². The highest BCUT2D eigenvalue weighted by Gasteiger charge is 2.20. The van der Waals surface area contributed by atoms with Gasteiger partial charge in [0, 0.05) is 18.8 Å². The summed E-state index contributed by atoms with van der Waals surface area (Å²) in [5.41, 5.74) is 1.08. The number of rotatable bonds is 4. The first kappa shape index (κ1) is 10.6. The fraction of sp³-hybridized carbons (Fsp3) is 0.667. The van der Waals surface area contributed by atoms with Gasteiger partial charge in [0.05, 0.1) is 5.69 Å². The lowest BCUT2D eigenvalue weighted by molar-refractivity contribution is 0.379. The molecule has 3 heteroatoms. The van der Waals surface area contributed by atoms with Gasteiger partial charge < -0.3 is 5.32 Å². The summed E-state index contributed by atoms with van der Waals surface area (Å²) in [5, 5.41) is 3.55. The van der Waals surface area contributed by atoms with Gasteiger partial charge >= 0.3 is 0 Å². The Hall–Kier alpha value is -0.960. The van der Waals surface area contributed by atoms with E-state index in [-0.39, 0.29) is 0 Å². The zero-order valence-electron chi connectivity index (χ0n) is 9.32. The molecule has 1 aliphatic rings. The highest BCUT2D eigenvalue weighted by Crippen LogP contribution is 2.27. The van der Waals surface area contributed by atoms with Crippen molar-refractivity contribution in [2.24, 2.45) is 5.92 Å². The summed E-state index contributed by atoms with van der Waals surface area (Å²) in [6.07, 6.45) is 8.99. The van der Waals surface area contributed by atoms with Crippen molar-refractivity contribution in [1.29, 1.82) is 0 Å². The minimum atomic E-state index is 0.613. The molecule has 82 valence electrons. The Bertz CT molecular complexity index is 280. The third-order valence-electron chi connectivity index (χ3n) is 3.36. The number of nitrogens with zero attached hydrogens (tertiary/aromatic N) is 2. The maximum Gasteiger partial charge on any atom is 0.115 e. The van der Waals surface area contributed by atoms with Crippen LogP contribution in [0, 0.1) is 5.92 Å². The predicted molar refractivity (Wildman–Crippen MR) is 60.3 cm³/mol. The van der Waals surface area contributed by atoms with Gasteiger partial charge in [-0.2, -0.15) is 0 Å². The third kappa shape index (κ3) is 2.99. The van der Waals surface area contributed by atoms with Gasteiger partial charge in [-0.05, 0) is 31.7 Å². The molecule has 1 aromatic heterocycles. The maximum atomic E-state index is 4.20. The van der Waals surface area contributed by atoms with Crippen LogP contribution in [0.15, 0.2) is 18.6 Å². The van der Waals surface area contributed by atoms with Gasteiger partial charge in [-0.3, -0.25) is 0 Å². The smallest absolute Gasteiger partial charge is 0.115 e. The van der Waals surface area contributed by atoms with Gasteiger partial charge in [0.15, 0.2) is 0 Å². The molecule has 1 aliphatic carbocycles. The predicted octanol–water partition coefficient (Wildman–Crippen LogP) is 2.14. The number of hydrogen-bond acceptors (Lipinski definition) is 3. The van der Waals surface area contributed by atoms with Crippen LogP contribution in [-0.2, 0) is 6.54 Å². The van der Waals surface area contributed by atoms with Crippen molar-refractivity contribution >= 4 is 0 Å². The summed E-state index contributed by atoms with van der Waals surface area (Å²) < 4.78 is 0. The van der Waals surface area contributed by atoms with Crippen molar-refractivity contribution in [2.75, 3.05) is 0 Å². The molecule has 15 heavy (non-hydrogen) atoms. The average molecular weight is 205 g/mol. The van der Waals surface area contributed by atoms with Gasteiger partial charge in [-0.15, -0.1) is 0 Å². The Morgan fingerprint density at radius 3 is 2.93 bits per heavy atom. The van der Waals surface area contributed by atoms with Crippen molar-refractivity contribution in [3.05, 3.63) is 24.3 Å². The largest absolute Gasteiger partial charge is 0.308 e. The number of hydrogen-bond donors (Lipinski definition) is 1. The average Bonchev–Trinajstić information content (AvgIpc) is 2.81. The molecule has 1 heterocycles. The summed E-state index contributed by atoms with van der Waals surface area (Å²) in [6, 6.07) is 2.58. The second kappa shape index (κ2) is 5.21. The second-order valence-electron chi connectivity index (χ2n) is 4.41. The van der Waals surface area contributed by atoms with Crippen LogP contribution in [0.1, 0.15) is 38.3 Å². The summed E-state index contributed by atoms with van der Waals surface area (Å²) in [4.78, 5) is 8.11. The van der Waals surface area contributed by atoms with Crippen LogP contribution in [0.5, 0.6) is 0 Å². The van der Waals surface area contributed by atoms with Crippen molar-refractivity contribution in [3.63, 3.8) is 0 Å². The van der Waals surface area contributed by atoms with Crippen LogP contribution in [0.2, 0.25) is 0 Å². The minimum Gasteiger partial charge on any atom is -0.308 e. The van der Waals surface area contributed by atoms with Crippen molar-refractivity contribution in [2.45, 2.75) is 45.2 Å². The Morgan fingerprint density at radius 2 is 2.27 bits per heavy atom. The number of nitrogens with one attached hydrogen (secondary N) is 1. The van der Waals surface area contributed by atoms with E-state index in [0.29, 0.717) is 6.04 Å². The molecular weight excluding hydrogens is 186 g/mol. The lowest BCUT2D eigenvalue weighted by Crippen LogP contribution is -2.31. The first-order valence-electron chi connectivity index (χ1n) is 5.84. The van der Waals surface area contributed by atoms with Crippen molar-refractivity contribution in [1.82, 2.24) is 15.3 Å². The van der Waals surface area contributed by atoms with Crippen LogP contribution in [0.4, 0.5) is 0 Å². The normalized spacial score (nSPS) is 19.3. The number of aromatic nitrogens is 2. The van der Waals surface area contributed by atoms with Gasteiger partial charge in [-0.25, -0.2) is 9.97 Å². The van der Waals surface area contributed by atoms with Gasteiger partial charge in [-0.1, -0.05) is 12.8 Å². The van der Waals surface area contributed by atoms with Crippen LogP contribution in [0.25, 0.3) is 0 Å². The zero-order chi connectivity index (χ0) is 10.5. The minimum absolute atomic E-state index is 0.613. The molecule has 1 atom stereocenters. The van der Waals surface area contributed by atoms with E-state index in [1.807, 2.05) is 6.07 Å². The molecule has 0 bridgehead atoms. The first-order chi connectivity index (χ1) is 7.36. The molecule has 0 saturated heterocycles. The molecule has 0 aromatic carbocycles. The molecule has 1 fully saturated rings. The summed E-state index contributed by atoms with van der Waals surface area (Å²) in [6.45, 7) is 3.15. The van der Waals surface area contributed by atoms with Crippen molar-refractivity contribution < 1.29 is 0 Å². The summed E-state index contributed by atoms with van der Waals surface area (Å²) in [5.74, 6) is 0.867. The van der Waals surface area contributed by atoms with Gasteiger partial charge in [0.25, 0.3) is 0 Å². The van der Waals surface area contributed by atoms with Gasteiger partial charge in [0.2, 0.25) is 0 Å². The highest BCUT2D eigenvalue weighted by atomic mass is 14.9. The van der Waals surface area contributed by atoms with E-state index >= 15 is 0 Å². The topological polar surface area (TPSA) is 37.8 Å². The molecule has 1 N–H and O–H groups in total. The van der Waals surface area contributed by atoms with E-state index < -0.39 is 0 Å². The molecule has 2 rings (SSSR count). The molecule has 3 nitrogen and oxygen atoms in total. The van der Waals surface area contributed by atoms with Crippen LogP contribution >= 0.6 is 0 Å². The van der Waals surface area contributed by atoms with Crippen LogP contribution < -0.4 is 5.32 Å². The Labute approximate surface area is 91.3 Å². The molecule has 1 saturated carbocycles. The quantitative estimate of drug-likeness (QED) is 0.818. The van der Waals surface area contributed by atoms with Gasteiger partial charge in [0.1, 0.15) is 6.33 Å². The Kier molecular flexibility index (Phi) is 3.67. The maximum absolute atomic E-state index is 4.20. The Morgan fingerprint density at radius 1 is 1.47 bits per heavy atom. The zero-order valence-corrected chi connectivity index (χ0v) is 9.32. The second-order valence-corrected chi connectivity index (χ2v) is 4.41. The van der Waals surface area contributed by atoms with E-state index in [1.165, 1.54) is 25.7 Å². The molecule has 0 spiro atoms. The monoisotopic (exact) mass is 205 g/mol. The van der Waals surface area contributed by atoms with E-state index in [2.05, 4.69) is 22.2 Å². The van der Waals surface area contributed by atoms with E-state index in [4.69, 9.17) is 0 Å². The van der Waals surface area contributed by atoms with Crippen LogP contribution in [-0.4, -0.2) is 16.0 Å². The third-order valence-corrected chi connectivity index (χ3v) is 3.36. The summed E-state index contributed by atoms with van der Waals surface area (Å²) >= 11 is 0. The molecule has 1 aromatic rings. The summed E-state index contributed by atoms with van der Waals surface area (Å²) in [7, 11) is 0. The first-order valence-corrected chi connectivity index (χ1v) is 5.84. The van der Waals surface area contributed by atoms with Crippen LogP contribution in [0.3, 0.4) is 0 Å². The highest BCUT2D eigenvalue weighted by molar-refractivity contribution is 4.97. The molecule has 0 amide bonds.